The summed E-state index contributed by atoms with van der Waals surface area (Å²) in [5.41, 5.74) is 0. The Kier molecular flexibility index (Phi) is 5.48. The van der Waals surface area contributed by atoms with E-state index >= 15 is 0 Å². The molecule has 0 saturated carbocycles. The van der Waals surface area contributed by atoms with Gasteiger partial charge in [-0.2, -0.15) is 8.42 Å². The largest absolute Gasteiger partial charge is 0.353 e. The third-order valence-electron chi connectivity index (χ3n) is 0.733. The fourth-order valence-electron chi connectivity index (χ4n) is 0.415. The second-order valence-corrected chi connectivity index (χ2v) is 4.62. The van der Waals surface area contributed by atoms with Crippen LogP contribution in [0.4, 0.5) is 0 Å². The summed E-state index contributed by atoms with van der Waals surface area (Å²) in [6.45, 7) is 0. The number of hydrogen-bond acceptors (Lipinski definition) is 2. The fourth-order valence-corrected chi connectivity index (χ4v) is 0.720. The highest BCUT2D eigenvalue weighted by molar-refractivity contribution is 9.10. The molecule has 1 N–H and O–H groups in total. The Balaban J connectivity index is 0.000000217. The van der Waals surface area contributed by atoms with E-state index in [1.54, 1.807) is 0 Å². The van der Waals surface area contributed by atoms with Crippen molar-refractivity contribution in [3.63, 3.8) is 0 Å². The van der Waals surface area contributed by atoms with E-state index in [1.807, 2.05) is 30.3 Å². The van der Waals surface area contributed by atoms with Crippen molar-refractivity contribution in [3.05, 3.63) is 34.8 Å². The van der Waals surface area contributed by atoms with E-state index < -0.39 is 9.33 Å². The molecular formula is C6H6BrClO3S. The van der Waals surface area contributed by atoms with E-state index in [2.05, 4.69) is 26.6 Å². The van der Waals surface area contributed by atoms with Crippen molar-refractivity contribution in [1.82, 2.24) is 0 Å². The van der Waals surface area contributed by atoms with Crippen molar-refractivity contribution in [2.75, 3.05) is 0 Å². The van der Waals surface area contributed by atoms with Gasteiger partial charge in [-0.3, -0.25) is 4.55 Å². The Morgan fingerprint density at radius 1 is 1.25 bits per heavy atom. The summed E-state index contributed by atoms with van der Waals surface area (Å²) in [4.78, 5) is 0. The Morgan fingerprint density at radius 3 is 1.75 bits per heavy atom. The molecule has 0 heterocycles. The predicted molar refractivity (Wildman–Crippen MR) is 51.5 cm³/mol. The van der Waals surface area contributed by atoms with Crippen molar-refractivity contribution >= 4 is 35.9 Å². The summed E-state index contributed by atoms with van der Waals surface area (Å²) in [5, 5.41) is 0. The molecule has 1 aromatic rings. The third kappa shape index (κ3) is 12.6. The third-order valence-corrected chi connectivity index (χ3v) is 1.26. The zero-order chi connectivity index (χ0) is 9.61. The molecule has 0 aliphatic heterocycles. The van der Waals surface area contributed by atoms with Crippen molar-refractivity contribution in [1.29, 1.82) is 0 Å². The van der Waals surface area contributed by atoms with E-state index in [1.165, 1.54) is 0 Å². The highest BCUT2D eigenvalue weighted by Crippen LogP contribution is 2.05. The maximum absolute atomic E-state index is 8.95. The lowest BCUT2D eigenvalue weighted by Crippen LogP contribution is -1.77. The molecule has 0 unspecified atom stereocenters. The Hall–Kier alpha value is -0.100. The molecule has 0 spiro atoms. The minimum atomic E-state index is -4.19. The van der Waals surface area contributed by atoms with Crippen LogP contribution in [0, 0.1) is 0 Å². The zero-order valence-electron chi connectivity index (χ0n) is 5.81. The van der Waals surface area contributed by atoms with Crippen molar-refractivity contribution < 1.29 is 13.0 Å². The van der Waals surface area contributed by atoms with Crippen LogP contribution in [0.5, 0.6) is 0 Å². The van der Waals surface area contributed by atoms with Crippen LogP contribution in [0.25, 0.3) is 0 Å². The van der Waals surface area contributed by atoms with E-state index in [9.17, 15) is 0 Å². The number of rotatable bonds is 0. The molecule has 1 aromatic carbocycles. The fraction of sp³-hybridized carbons (Fsp3) is 0. The molecule has 3 nitrogen and oxygen atoms in total. The summed E-state index contributed by atoms with van der Waals surface area (Å²) in [5.74, 6) is 0. The van der Waals surface area contributed by atoms with Crippen LogP contribution in [0.1, 0.15) is 0 Å². The standard InChI is InChI=1S/C6H5Br.ClHO3S/c7-6-4-2-1-3-5-6;1-5(2,3)4/h1-5H;(H,2,3,4). The molecular weight excluding hydrogens is 267 g/mol. The first-order chi connectivity index (χ1) is 5.39. The first-order valence-corrected chi connectivity index (χ1v) is 5.83. The van der Waals surface area contributed by atoms with Crippen LogP contribution in [0.3, 0.4) is 0 Å². The predicted octanol–water partition coefficient (Wildman–Crippen LogP) is 2.48. The Morgan fingerprint density at radius 2 is 1.58 bits per heavy atom. The van der Waals surface area contributed by atoms with Crippen molar-refractivity contribution in [3.8, 4) is 0 Å². The second kappa shape index (κ2) is 5.53. The summed E-state index contributed by atoms with van der Waals surface area (Å²) in [6, 6.07) is 9.97. The first-order valence-electron chi connectivity index (χ1n) is 2.77. The molecule has 0 aliphatic carbocycles. The van der Waals surface area contributed by atoms with Gasteiger partial charge in [0.2, 0.25) is 0 Å². The van der Waals surface area contributed by atoms with Gasteiger partial charge >= 0.3 is 9.33 Å². The van der Waals surface area contributed by atoms with E-state index in [0.717, 1.165) is 4.47 Å². The number of halogens is 2. The normalized spacial score (nSPS) is 9.92. The van der Waals surface area contributed by atoms with Gasteiger partial charge in [0.25, 0.3) is 0 Å². The maximum atomic E-state index is 8.95. The smallest absolute Gasteiger partial charge is 0.273 e. The molecule has 0 saturated heterocycles. The van der Waals surface area contributed by atoms with Gasteiger partial charge in [0.05, 0.1) is 0 Å². The Labute approximate surface area is 83.7 Å². The van der Waals surface area contributed by atoms with Crippen LogP contribution < -0.4 is 0 Å². The average molecular weight is 274 g/mol. The lowest BCUT2D eigenvalue weighted by molar-refractivity contribution is 0.501. The topological polar surface area (TPSA) is 54.4 Å². The van der Waals surface area contributed by atoms with Gasteiger partial charge in [0.15, 0.2) is 0 Å². The summed E-state index contributed by atoms with van der Waals surface area (Å²) in [6.07, 6.45) is 0. The van der Waals surface area contributed by atoms with Crippen LogP contribution in [0.2, 0.25) is 0 Å². The minimum absolute atomic E-state index is 1.13. The molecule has 12 heavy (non-hydrogen) atoms. The Bertz CT molecular complexity index is 303. The highest BCUT2D eigenvalue weighted by atomic mass is 79.9. The SMILES string of the molecule is Brc1ccccc1.O=S(=O)(O)Cl. The molecule has 0 radical (unpaired) electrons. The lowest BCUT2D eigenvalue weighted by Gasteiger charge is -1.80. The van der Waals surface area contributed by atoms with Gasteiger partial charge in [-0.25, -0.2) is 0 Å². The molecule has 0 atom stereocenters. The molecule has 0 aliphatic rings. The van der Waals surface area contributed by atoms with E-state index in [0.29, 0.717) is 0 Å². The molecule has 6 heteroatoms. The molecule has 0 fully saturated rings. The van der Waals surface area contributed by atoms with Crippen molar-refractivity contribution in [2.24, 2.45) is 0 Å². The second-order valence-electron chi connectivity index (χ2n) is 1.71. The molecule has 68 valence electrons. The molecule has 0 bridgehead atoms. The van der Waals surface area contributed by atoms with Gasteiger partial charge in [0, 0.05) is 15.2 Å². The van der Waals surface area contributed by atoms with Crippen LogP contribution in [-0.2, 0) is 9.33 Å². The quantitative estimate of drug-likeness (QED) is 0.583. The van der Waals surface area contributed by atoms with Gasteiger partial charge in [-0.1, -0.05) is 34.1 Å². The summed E-state index contributed by atoms with van der Waals surface area (Å²) >= 11 is 3.31. The number of hydrogen-bond donors (Lipinski definition) is 1. The molecule has 0 aromatic heterocycles. The van der Waals surface area contributed by atoms with E-state index in [-0.39, 0.29) is 0 Å². The van der Waals surface area contributed by atoms with Gasteiger partial charge in [-0.15, -0.1) is 0 Å². The average Bonchev–Trinajstić information content (AvgIpc) is 1.85. The zero-order valence-corrected chi connectivity index (χ0v) is 8.97. The summed E-state index contributed by atoms with van der Waals surface area (Å²) < 4.78 is 26.3. The monoisotopic (exact) mass is 272 g/mol. The van der Waals surface area contributed by atoms with Crippen LogP contribution >= 0.6 is 26.6 Å². The number of benzene rings is 1. The van der Waals surface area contributed by atoms with E-state index in [4.69, 9.17) is 13.0 Å². The first kappa shape index (κ1) is 11.9. The van der Waals surface area contributed by atoms with Crippen LogP contribution in [-0.4, -0.2) is 13.0 Å². The molecule has 0 amide bonds. The van der Waals surface area contributed by atoms with Gasteiger partial charge < -0.3 is 0 Å². The highest BCUT2D eigenvalue weighted by Gasteiger charge is 1.86. The minimum Gasteiger partial charge on any atom is -0.273 e. The van der Waals surface area contributed by atoms with Gasteiger partial charge in [0.1, 0.15) is 0 Å². The lowest BCUT2D eigenvalue weighted by atomic mass is 10.4. The van der Waals surface area contributed by atoms with Crippen LogP contribution in [0.15, 0.2) is 34.8 Å². The van der Waals surface area contributed by atoms with Gasteiger partial charge in [-0.05, 0) is 12.1 Å². The summed E-state index contributed by atoms with van der Waals surface area (Å²) in [7, 11) is -0.137. The van der Waals surface area contributed by atoms with Crippen molar-refractivity contribution in [2.45, 2.75) is 0 Å². The molecule has 1 rings (SSSR count). The maximum Gasteiger partial charge on any atom is 0.353 e.